The fourth-order valence-corrected chi connectivity index (χ4v) is 0. The third kappa shape index (κ3) is 24.1. The van der Waals surface area contributed by atoms with Gasteiger partial charge < -0.3 is 0 Å². The van der Waals surface area contributed by atoms with Crippen LogP contribution in [0.1, 0.15) is 0 Å². The van der Waals surface area contributed by atoms with Crippen molar-refractivity contribution in [2.75, 3.05) is 0 Å². The van der Waals surface area contributed by atoms with Crippen LogP contribution in [-0.4, -0.2) is 16.5 Å². The quantitative estimate of drug-likeness (QED) is 0.583. The molecule has 0 bridgehead atoms. The Bertz CT molecular complexity index is 6.85. The molecular weight excluding hydrogens is 324 g/mol. The topological polar surface area (TPSA) is 0 Å². The van der Waals surface area contributed by atoms with E-state index in [2.05, 4.69) is 5.76 Å². The fourth-order valence-electron chi connectivity index (χ4n) is 0. The standard InChI is InChI=1S/CH6Ge.3BrH/c1-2;;;/h1-2H3;3*1H. The van der Waals surface area contributed by atoms with Gasteiger partial charge in [0.1, 0.15) is 0 Å². The van der Waals surface area contributed by atoms with Crippen molar-refractivity contribution in [2.24, 2.45) is 0 Å². The van der Waals surface area contributed by atoms with Crippen LogP contribution in [-0.2, 0) is 0 Å². The molecule has 0 saturated carbocycles. The van der Waals surface area contributed by atoms with Gasteiger partial charge in [-0.3, -0.25) is 0 Å². The molecule has 0 aromatic heterocycles. The van der Waals surface area contributed by atoms with E-state index in [1.165, 1.54) is 0 Å². The first-order valence-corrected chi connectivity index (χ1v) is 5.20. The van der Waals surface area contributed by atoms with Crippen LogP contribution in [0.4, 0.5) is 0 Å². The van der Waals surface area contributed by atoms with Gasteiger partial charge in [0, 0.05) is 0 Å². The van der Waals surface area contributed by atoms with E-state index in [9.17, 15) is 0 Å². The van der Waals surface area contributed by atoms with E-state index in [4.69, 9.17) is 0 Å². The first kappa shape index (κ1) is 28.1. The summed E-state index contributed by atoms with van der Waals surface area (Å²) in [5.41, 5.74) is 0. The van der Waals surface area contributed by atoms with Gasteiger partial charge in [-0.05, 0) is 0 Å². The van der Waals surface area contributed by atoms with Crippen LogP contribution in [0.15, 0.2) is 0 Å². The molecule has 0 nitrogen and oxygen atoms in total. The summed E-state index contributed by atoms with van der Waals surface area (Å²) in [6.45, 7) is 0. The van der Waals surface area contributed by atoms with Crippen molar-refractivity contribution in [3.05, 3.63) is 0 Å². The normalized spacial score (nSPS) is 1.80. The Labute approximate surface area is 72.6 Å². The van der Waals surface area contributed by atoms with E-state index >= 15 is 0 Å². The molecule has 0 N–H and O–H groups in total. The van der Waals surface area contributed by atoms with Crippen LogP contribution in [0.25, 0.3) is 0 Å². The van der Waals surface area contributed by atoms with E-state index in [1.807, 2.05) is 0 Å². The van der Waals surface area contributed by atoms with E-state index in [0.29, 0.717) is 0 Å². The van der Waals surface area contributed by atoms with Gasteiger partial charge in [0.25, 0.3) is 0 Å². The first-order chi connectivity index (χ1) is 1.00. The summed E-state index contributed by atoms with van der Waals surface area (Å²) in [5.74, 6) is 2.19. The Kier molecular flexibility index (Phi) is 212. The first-order valence-electron chi connectivity index (χ1n) is 1.00. The SMILES string of the molecule is Br.Br.Br.[CH3][GeH3]. The van der Waals surface area contributed by atoms with Gasteiger partial charge >= 0.3 is 22.3 Å². The van der Waals surface area contributed by atoms with Crippen molar-refractivity contribution < 1.29 is 0 Å². The molecule has 0 radical (unpaired) electrons. The monoisotopic (exact) mass is 332 g/mol. The predicted octanol–water partition coefficient (Wildman–Crippen LogP) is 1.13. The van der Waals surface area contributed by atoms with Crippen molar-refractivity contribution >= 4 is 67.5 Å². The molecule has 0 unspecified atom stereocenters. The Morgan fingerprint density at radius 3 is 0.800 bits per heavy atom. The van der Waals surface area contributed by atoms with Crippen LogP contribution >= 0.6 is 50.9 Å². The number of hydrogen-bond acceptors (Lipinski definition) is 0. The molecule has 0 amide bonds. The van der Waals surface area contributed by atoms with Crippen molar-refractivity contribution in [3.63, 3.8) is 0 Å². The third-order valence-electron chi connectivity index (χ3n) is 0. The zero-order valence-corrected chi connectivity index (χ0v) is 12.6. The Morgan fingerprint density at radius 2 is 0.800 bits per heavy atom. The zero-order valence-electron chi connectivity index (χ0n) is 3.22. The Morgan fingerprint density at radius 1 is 0.800 bits per heavy atom. The van der Waals surface area contributed by atoms with Crippen molar-refractivity contribution in [3.8, 4) is 0 Å². The average Bonchev–Trinajstić information content (AvgIpc) is 1.00. The molecule has 0 aromatic carbocycles. The van der Waals surface area contributed by atoms with E-state index in [1.54, 1.807) is 0 Å². The summed E-state index contributed by atoms with van der Waals surface area (Å²) < 4.78 is 0. The van der Waals surface area contributed by atoms with E-state index < -0.39 is 0 Å². The van der Waals surface area contributed by atoms with Gasteiger partial charge in [0.15, 0.2) is 0 Å². The molecule has 38 valence electrons. The molecule has 0 aliphatic carbocycles. The molecule has 0 atom stereocenters. The second kappa shape index (κ2) is 37.8. The molecule has 0 spiro atoms. The van der Waals surface area contributed by atoms with Crippen LogP contribution in [0, 0.1) is 0 Å². The minimum atomic E-state index is 0. The molecule has 0 rings (SSSR count). The van der Waals surface area contributed by atoms with Gasteiger partial charge in [0.05, 0.1) is 0 Å². The molecule has 0 aromatic rings. The molecule has 0 fully saturated rings. The number of hydrogen-bond donors (Lipinski definition) is 0. The van der Waals surface area contributed by atoms with Crippen LogP contribution in [0.3, 0.4) is 0 Å². The summed E-state index contributed by atoms with van der Waals surface area (Å²) >= 11 is 1.06. The molecule has 0 heterocycles. The summed E-state index contributed by atoms with van der Waals surface area (Å²) in [6, 6.07) is 0. The minimum absolute atomic E-state index is 0. The Balaban J connectivity index is -0.00000000167. The van der Waals surface area contributed by atoms with Gasteiger partial charge in [-0.2, -0.15) is 0 Å². The predicted molar refractivity (Wildman–Crippen MR) is 46.8 cm³/mol. The summed E-state index contributed by atoms with van der Waals surface area (Å²) in [4.78, 5) is 0. The molecule has 0 aliphatic rings. The second-order valence-electron chi connectivity index (χ2n) is 0. The van der Waals surface area contributed by atoms with Gasteiger partial charge in [-0.25, -0.2) is 0 Å². The molecule has 0 saturated heterocycles. The summed E-state index contributed by atoms with van der Waals surface area (Å²) in [6.07, 6.45) is 0. The molecular formula is CH9Br3Ge. The Hall–Kier alpha value is 1.98. The van der Waals surface area contributed by atoms with Crippen molar-refractivity contribution in [1.82, 2.24) is 0 Å². The van der Waals surface area contributed by atoms with Crippen molar-refractivity contribution in [1.29, 1.82) is 0 Å². The zero-order chi connectivity index (χ0) is 2.00. The third-order valence-corrected chi connectivity index (χ3v) is 0. The van der Waals surface area contributed by atoms with E-state index in [-0.39, 0.29) is 50.9 Å². The van der Waals surface area contributed by atoms with E-state index in [0.717, 1.165) is 16.5 Å². The maximum absolute atomic E-state index is 2.19. The summed E-state index contributed by atoms with van der Waals surface area (Å²) in [5, 5.41) is 0. The van der Waals surface area contributed by atoms with Crippen LogP contribution < -0.4 is 0 Å². The van der Waals surface area contributed by atoms with Gasteiger partial charge in [-0.1, -0.05) is 0 Å². The van der Waals surface area contributed by atoms with Crippen molar-refractivity contribution in [2.45, 2.75) is 5.76 Å². The fraction of sp³-hybridized carbons (Fsp3) is 1.00. The van der Waals surface area contributed by atoms with Crippen LogP contribution in [0.2, 0.25) is 5.76 Å². The summed E-state index contributed by atoms with van der Waals surface area (Å²) in [7, 11) is 0. The van der Waals surface area contributed by atoms with Gasteiger partial charge in [0.2, 0.25) is 0 Å². The number of rotatable bonds is 0. The van der Waals surface area contributed by atoms with Gasteiger partial charge in [-0.15, -0.1) is 50.9 Å². The maximum atomic E-state index is 2.19. The second-order valence-corrected chi connectivity index (χ2v) is 0. The number of halogens is 3. The molecule has 0 aliphatic heterocycles. The average molecular weight is 333 g/mol. The molecule has 5 heavy (non-hydrogen) atoms. The van der Waals surface area contributed by atoms with Crippen LogP contribution in [0.5, 0.6) is 0 Å². The molecule has 4 heteroatoms.